The second-order valence-electron chi connectivity index (χ2n) is 7.03. The molecule has 0 spiro atoms. The minimum Gasteiger partial charge on any atom is -0.310 e. The van der Waals surface area contributed by atoms with E-state index in [1.807, 2.05) is 11.4 Å². The van der Waals surface area contributed by atoms with Crippen LogP contribution >= 0.6 is 23.1 Å². The molecule has 5 rings (SSSR count). The second kappa shape index (κ2) is 7.78. The van der Waals surface area contributed by atoms with Gasteiger partial charge in [0.05, 0.1) is 23.2 Å². The molecular weight excluding hydrogens is 461 g/mol. The van der Waals surface area contributed by atoms with Crippen LogP contribution in [0.5, 0.6) is 0 Å². The zero-order valence-corrected chi connectivity index (χ0v) is 18.2. The van der Waals surface area contributed by atoms with Crippen LogP contribution in [0.25, 0.3) is 27.3 Å². The maximum atomic E-state index is 13.3. The molecule has 0 aliphatic rings. The van der Waals surface area contributed by atoms with Gasteiger partial charge in [-0.3, -0.25) is 13.8 Å². The summed E-state index contributed by atoms with van der Waals surface area (Å²) in [7, 11) is 1.62. The number of thiophene rings is 1. The molecule has 0 saturated carbocycles. The fraction of sp³-hybridized carbons (Fsp3) is 0.200. The summed E-state index contributed by atoms with van der Waals surface area (Å²) in [5.74, 6) is 1.12. The summed E-state index contributed by atoms with van der Waals surface area (Å²) in [6.45, 7) is -1.15. The first-order valence-corrected chi connectivity index (χ1v) is 11.3. The number of aromatic nitrogens is 6. The van der Waals surface area contributed by atoms with Crippen molar-refractivity contribution >= 4 is 39.1 Å². The molecule has 12 heteroatoms. The number of imidazole rings is 1. The minimum absolute atomic E-state index is 0.165. The van der Waals surface area contributed by atoms with Gasteiger partial charge in [-0.15, -0.1) is 21.5 Å². The highest BCUT2D eigenvalue weighted by atomic mass is 32.2. The SMILES string of the molecule is Cn1c(=O)c2sccc2n2c(CSc3ncc(-c4ccccc4)n3CC(F)(F)F)nnc12. The Morgan fingerprint density at radius 1 is 1.12 bits per heavy atom. The molecule has 0 radical (unpaired) electrons. The van der Waals surface area contributed by atoms with E-state index in [4.69, 9.17) is 0 Å². The highest BCUT2D eigenvalue weighted by Crippen LogP contribution is 2.31. The van der Waals surface area contributed by atoms with Crippen molar-refractivity contribution in [3.63, 3.8) is 0 Å². The Kier molecular flexibility index (Phi) is 5.05. The van der Waals surface area contributed by atoms with Gasteiger partial charge in [0.2, 0.25) is 5.78 Å². The molecule has 1 aromatic carbocycles. The number of hydrogen-bond acceptors (Lipinski definition) is 6. The zero-order valence-electron chi connectivity index (χ0n) is 16.6. The van der Waals surface area contributed by atoms with Crippen LogP contribution in [0.1, 0.15) is 5.82 Å². The van der Waals surface area contributed by atoms with Gasteiger partial charge < -0.3 is 4.57 Å². The largest absolute Gasteiger partial charge is 0.406 e. The van der Waals surface area contributed by atoms with E-state index in [0.717, 1.165) is 11.8 Å². The summed E-state index contributed by atoms with van der Waals surface area (Å²) in [6, 6.07) is 10.6. The summed E-state index contributed by atoms with van der Waals surface area (Å²) in [5, 5.41) is 10.3. The first-order chi connectivity index (χ1) is 15.3. The van der Waals surface area contributed by atoms with Crippen molar-refractivity contribution in [3.05, 3.63) is 64.2 Å². The van der Waals surface area contributed by atoms with Gasteiger partial charge in [0.1, 0.15) is 17.1 Å². The molecule has 4 aromatic heterocycles. The molecule has 0 aliphatic carbocycles. The molecule has 0 bridgehead atoms. The van der Waals surface area contributed by atoms with Crippen LogP contribution < -0.4 is 5.56 Å². The molecule has 0 N–H and O–H groups in total. The third-order valence-electron chi connectivity index (χ3n) is 4.95. The summed E-state index contributed by atoms with van der Waals surface area (Å²) in [6.07, 6.45) is -2.95. The average Bonchev–Trinajstić information content (AvgIpc) is 3.48. The summed E-state index contributed by atoms with van der Waals surface area (Å²) >= 11 is 2.46. The van der Waals surface area contributed by atoms with Gasteiger partial charge in [-0.2, -0.15) is 13.2 Å². The Balaban J connectivity index is 1.54. The molecular formula is C20H15F3N6OS2. The van der Waals surface area contributed by atoms with E-state index in [9.17, 15) is 18.0 Å². The fourth-order valence-corrected chi connectivity index (χ4v) is 5.26. The van der Waals surface area contributed by atoms with Crippen molar-refractivity contribution in [1.29, 1.82) is 0 Å². The predicted molar refractivity (Wildman–Crippen MR) is 117 cm³/mol. The van der Waals surface area contributed by atoms with Crippen molar-refractivity contribution in [3.8, 4) is 11.3 Å². The highest BCUT2D eigenvalue weighted by molar-refractivity contribution is 7.98. The Morgan fingerprint density at radius 2 is 1.91 bits per heavy atom. The Morgan fingerprint density at radius 3 is 2.66 bits per heavy atom. The van der Waals surface area contributed by atoms with E-state index in [1.165, 1.54) is 26.7 Å². The Bertz CT molecular complexity index is 1480. The first-order valence-electron chi connectivity index (χ1n) is 9.44. The number of aryl methyl sites for hydroxylation is 1. The normalized spacial score (nSPS) is 12.2. The lowest BCUT2D eigenvalue weighted by atomic mass is 10.2. The lowest BCUT2D eigenvalue weighted by Gasteiger charge is -2.14. The molecule has 0 atom stereocenters. The van der Waals surface area contributed by atoms with Crippen LogP contribution in [0, 0.1) is 0 Å². The molecule has 7 nitrogen and oxygen atoms in total. The maximum absolute atomic E-state index is 13.3. The molecule has 0 aliphatic heterocycles. The van der Waals surface area contributed by atoms with E-state index in [1.54, 1.807) is 41.8 Å². The smallest absolute Gasteiger partial charge is 0.310 e. The third kappa shape index (κ3) is 3.58. The van der Waals surface area contributed by atoms with Crippen LogP contribution in [-0.2, 0) is 19.3 Å². The van der Waals surface area contributed by atoms with Gasteiger partial charge in [-0.1, -0.05) is 42.1 Å². The lowest BCUT2D eigenvalue weighted by molar-refractivity contribution is -0.141. The van der Waals surface area contributed by atoms with Crippen molar-refractivity contribution in [2.75, 3.05) is 0 Å². The van der Waals surface area contributed by atoms with Gasteiger partial charge in [-0.25, -0.2) is 4.98 Å². The van der Waals surface area contributed by atoms with Crippen LogP contribution in [-0.4, -0.2) is 34.9 Å². The van der Waals surface area contributed by atoms with Gasteiger partial charge in [0, 0.05) is 7.05 Å². The molecule has 4 heterocycles. The summed E-state index contributed by atoms with van der Waals surface area (Å²) in [5.41, 5.74) is 1.55. The van der Waals surface area contributed by atoms with Gasteiger partial charge in [-0.05, 0) is 17.0 Å². The van der Waals surface area contributed by atoms with Gasteiger partial charge in [0.15, 0.2) is 5.16 Å². The topological polar surface area (TPSA) is 70.0 Å². The lowest BCUT2D eigenvalue weighted by Crippen LogP contribution is -2.19. The van der Waals surface area contributed by atoms with Gasteiger partial charge >= 0.3 is 6.18 Å². The standard InChI is InChI=1S/C20H15F3N6OS2/c1-27-17(30)16-13(7-8-31-16)29-15(25-26-18(27)29)10-32-19-24-9-14(12-5-3-2-4-6-12)28(19)11-20(21,22)23/h2-9H,10-11H2,1H3. The number of halogens is 3. The Hall–Kier alpha value is -3.12. The van der Waals surface area contributed by atoms with E-state index < -0.39 is 12.7 Å². The second-order valence-corrected chi connectivity index (χ2v) is 8.89. The van der Waals surface area contributed by atoms with Gasteiger partial charge in [0.25, 0.3) is 5.56 Å². The van der Waals surface area contributed by atoms with Crippen LogP contribution in [0.4, 0.5) is 13.2 Å². The number of thioether (sulfide) groups is 1. The van der Waals surface area contributed by atoms with E-state index >= 15 is 0 Å². The average molecular weight is 477 g/mol. The Labute approximate surface area is 187 Å². The summed E-state index contributed by atoms with van der Waals surface area (Å²) in [4.78, 5) is 16.7. The van der Waals surface area contributed by atoms with Crippen molar-refractivity contribution in [2.24, 2.45) is 7.05 Å². The maximum Gasteiger partial charge on any atom is 0.406 e. The number of nitrogens with zero attached hydrogens (tertiary/aromatic N) is 6. The highest BCUT2D eigenvalue weighted by Gasteiger charge is 2.31. The fourth-order valence-electron chi connectivity index (χ4n) is 3.52. The zero-order chi connectivity index (χ0) is 22.5. The molecule has 0 fully saturated rings. The van der Waals surface area contributed by atoms with Crippen molar-refractivity contribution < 1.29 is 13.2 Å². The van der Waals surface area contributed by atoms with Crippen molar-refractivity contribution in [2.45, 2.75) is 23.6 Å². The molecule has 5 aromatic rings. The van der Waals surface area contributed by atoms with E-state index in [2.05, 4.69) is 15.2 Å². The van der Waals surface area contributed by atoms with E-state index in [-0.39, 0.29) is 16.5 Å². The quantitative estimate of drug-likeness (QED) is 0.353. The van der Waals surface area contributed by atoms with Crippen molar-refractivity contribution in [1.82, 2.24) is 28.7 Å². The molecule has 32 heavy (non-hydrogen) atoms. The third-order valence-corrected chi connectivity index (χ3v) is 6.83. The van der Waals surface area contributed by atoms with Crippen LogP contribution in [0.3, 0.4) is 0 Å². The number of fused-ring (bicyclic) bond motifs is 3. The molecule has 0 unspecified atom stereocenters. The molecule has 0 saturated heterocycles. The predicted octanol–water partition coefficient (Wildman–Crippen LogP) is 4.36. The van der Waals surface area contributed by atoms with E-state index in [0.29, 0.717) is 33.1 Å². The monoisotopic (exact) mass is 476 g/mol. The number of benzene rings is 1. The first kappa shape index (κ1) is 20.8. The minimum atomic E-state index is -4.40. The number of hydrogen-bond donors (Lipinski definition) is 0. The molecule has 0 amide bonds. The van der Waals surface area contributed by atoms with Crippen LogP contribution in [0.15, 0.2) is 57.9 Å². The summed E-state index contributed by atoms with van der Waals surface area (Å²) < 4.78 is 44.9. The van der Waals surface area contributed by atoms with Crippen LogP contribution in [0.2, 0.25) is 0 Å². The number of rotatable bonds is 5. The molecule has 164 valence electrons. The number of alkyl halides is 3.